The highest BCUT2D eigenvalue weighted by atomic mass is 16.5. The first kappa shape index (κ1) is 12.4. The van der Waals surface area contributed by atoms with E-state index in [0.29, 0.717) is 24.0 Å². The van der Waals surface area contributed by atoms with Crippen molar-refractivity contribution in [2.75, 3.05) is 13.2 Å². The molecule has 0 amide bonds. The lowest BCUT2D eigenvalue weighted by Crippen LogP contribution is -2.28. The van der Waals surface area contributed by atoms with Gasteiger partial charge in [0.1, 0.15) is 18.1 Å². The molecule has 16 heavy (non-hydrogen) atoms. The molecule has 0 unspecified atom stereocenters. The van der Waals surface area contributed by atoms with Crippen LogP contribution in [0.5, 0.6) is 11.5 Å². The van der Waals surface area contributed by atoms with Crippen LogP contribution in [0.2, 0.25) is 0 Å². The van der Waals surface area contributed by atoms with Crippen molar-refractivity contribution in [3.63, 3.8) is 0 Å². The van der Waals surface area contributed by atoms with Crippen LogP contribution in [0.25, 0.3) is 0 Å². The Morgan fingerprint density at radius 2 is 1.94 bits per heavy atom. The quantitative estimate of drug-likeness (QED) is 0.717. The van der Waals surface area contributed by atoms with Gasteiger partial charge in [0.15, 0.2) is 0 Å². The van der Waals surface area contributed by atoms with Crippen molar-refractivity contribution in [1.82, 2.24) is 0 Å². The number of carboxylic acid groups (broad SMARTS) is 1. The van der Waals surface area contributed by atoms with Gasteiger partial charge in [-0.1, -0.05) is 19.9 Å². The molecular weight excluding hydrogens is 208 g/mol. The molecule has 0 radical (unpaired) electrons. The van der Waals surface area contributed by atoms with E-state index in [2.05, 4.69) is 13.8 Å². The number of hydrogen-bond donors (Lipinski definition) is 0. The highest BCUT2D eigenvalue weighted by Gasteiger charge is 1.99. The van der Waals surface area contributed by atoms with Crippen LogP contribution in [0.3, 0.4) is 0 Å². The van der Waals surface area contributed by atoms with E-state index in [0.717, 1.165) is 0 Å². The summed E-state index contributed by atoms with van der Waals surface area (Å²) >= 11 is 0. The van der Waals surface area contributed by atoms with Crippen molar-refractivity contribution < 1.29 is 19.4 Å². The summed E-state index contributed by atoms with van der Waals surface area (Å²) in [6.07, 6.45) is 0. The number of benzene rings is 1. The van der Waals surface area contributed by atoms with Gasteiger partial charge in [0.05, 0.1) is 12.6 Å². The predicted octanol–water partition coefficient (Wildman–Crippen LogP) is 0.850. The molecule has 1 rings (SSSR count). The number of ether oxygens (including phenoxy) is 2. The van der Waals surface area contributed by atoms with Gasteiger partial charge in [-0.3, -0.25) is 0 Å². The summed E-state index contributed by atoms with van der Waals surface area (Å²) in [4.78, 5) is 10.2. The Kier molecular flexibility index (Phi) is 4.64. The first-order chi connectivity index (χ1) is 7.58. The molecule has 0 saturated carbocycles. The molecule has 0 N–H and O–H groups in total. The average Bonchev–Trinajstić information content (AvgIpc) is 2.24. The fraction of sp³-hybridized carbons (Fsp3) is 0.417. The molecule has 0 saturated heterocycles. The maximum absolute atomic E-state index is 10.2. The lowest BCUT2D eigenvalue weighted by Gasteiger charge is -2.11. The molecule has 0 fully saturated rings. The van der Waals surface area contributed by atoms with Crippen molar-refractivity contribution in [2.45, 2.75) is 13.8 Å². The Hall–Kier alpha value is -1.71. The van der Waals surface area contributed by atoms with Gasteiger partial charge in [-0.2, -0.15) is 0 Å². The lowest BCUT2D eigenvalue weighted by molar-refractivity contribution is -0.307. The number of aliphatic carboxylic acids is 1. The normalized spacial score (nSPS) is 10.2. The summed E-state index contributed by atoms with van der Waals surface area (Å²) in [6, 6.07) is 6.88. The number of rotatable bonds is 6. The van der Waals surface area contributed by atoms with Gasteiger partial charge in [-0.25, -0.2) is 0 Å². The van der Waals surface area contributed by atoms with Crippen molar-refractivity contribution in [3.8, 4) is 11.5 Å². The Morgan fingerprint density at radius 3 is 2.50 bits per heavy atom. The minimum Gasteiger partial charge on any atom is -0.546 e. The molecule has 0 aromatic heterocycles. The van der Waals surface area contributed by atoms with Crippen molar-refractivity contribution in [1.29, 1.82) is 0 Å². The fourth-order valence-corrected chi connectivity index (χ4v) is 1.06. The van der Waals surface area contributed by atoms with Crippen LogP contribution in [-0.4, -0.2) is 19.2 Å². The van der Waals surface area contributed by atoms with Crippen LogP contribution >= 0.6 is 0 Å². The van der Waals surface area contributed by atoms with Gasteiger partial charge >= 0.3 is 0 Å². The Morgan fingerprint density at radius 1 is 1.31 bits per heavy atom. The number of carbonyl (C=O) groups is 1. The van der Waals surface area contributed by atoms with Gasteiger partial charge in [0.2, 0.25) is 0 Å². The van der Waals surface area contributed by atoms with Gasteiger partial charge in [-0.05, 0) is 18.1 Å². The van der Waals surface area contributed by atoms with Crippen LogP contribution < -0.4 is 14.6 Å². The summed E-state index contributed by atoms with van der Waals surface area (Å²) in [5, 5.41) is 10.2. The number of carboxylic acids is 1. The number of hydrogen-bond acceptors (Lipinski definition) is 4. The van der Waals surface area contributed by atoms with Crippen molar-refractivity contribution >= 4 is 5.97 Å². The van der Waals surface area contributed by atoms with Gasteiger partial charge in [0, 0.05) is 6.07 Å². The molecule has 0 heterocycles. The highest BCUT2D eigenvalue weighted by molar-refractivity contribution is 5.66. The predicted molar refractivity (Wildman–Crippen MR) is 57.3 cm³/mol. The van der Waals surface area contributed by atoms with E-state index < -0.39 is 12.6 Å². The Labute approximate surface area is 94.8 Å². The van der Waals surface area contributed by atoms with E-state index >= 15 is 0 Å². The SMILES string of the molecule is CC(C)COc1cccc(OCC(=O)[O-])c1. The molecule has 1 aromatic rings. The minimum absolute atomic E-state index is 0.438. The number of carbonyl (C=O) groups excluding carboxylic acids is 1. The van der Waals surface area contributed by atoms with E-state index in [-0.39, 0.29) is 0 Å². The summed E-state index contributed by atoms with van der Waals surface area (Å²) in [5.41, 5.74) is 0. The zero-order chi connectivity index (χ0) is 12.0. The van der Waals surface area contributed by atoms with Crippen LogP contribution in [0, 0.1) is 5.92 Å². The molecule has 0 bridgehead atoms. The van der Waals surface area contributed by atoms with Gasteiger partial charge in [0.25, 0.3) is 0 Å². The maximum Gasteiger partial charge on any atom is 0.128 e. The molecule has 4 nitrogen and oxygen atoms in total. The molecule has 0 aliphatic heterocycles. The van der Waals surface area contributed by atoms with Crippen LogP contribution in [0.4, 0.5) is 0 Å². The second-order valence-corrected chi connectivity index (χ2v) is 3.84. The molecule has 0 aliphatic carbocycles. The molecule has 0 atom stereocenters. The summed E-state index contributed by atoms with van der Waals surface area (Å²) in [7, 11) is 0. The van der Waals surface area contributed by atoms with Crippen molar-refractivity contribution in [2.24, 2.45) is 5.92 Å². The molecule has 0 aliphatic rings. The Bertz CT molecular complexity index is 347. The third kappa shape index (κ3) is 4.68. The second kappa shape index (κ2) is 6.00. The minimum atomic E-state index is -1.24. The van der Waals surface area contributed by atoms with Crippen LogP contribution in [0.15, 0.2) is 24.3 Å². The average molecular weight is 223 g/mol. The third-order valence-electron chi connectivity index (χ3n) is 1.75. The standard InChI is InChI=1S/C12H16O4/c1-9(2)7-15-10-4-3-5-11(6-10)16-8-12(13)14/h3-6,9H,7-8H2,1-2H3,(H,13,14)/p-1. The summed E-state index contributed by atoms with van der Waals surface area (Å²) < 4.78 is 10.4. The van der Waals surface area contributed by atoms with E-state index in [1.807, 2.05) is 0 Å². The van der Waals surface area contributed by atoms with E-state index in [1.165, 1.54) is 0 Å². The smallest absolute Gasteiger partial charge is 0.128 e. The molecule has 0 spiro atoms. The summed E-state index contributed by atoms with van der Waals surface area (Å²) in [5.74, 6) is 0.330. The van der Waals surface area contributed by atoms with Gasteiger partial charge in [-0.15, -0.1) is 0 Å². The largest absolute Gasteiger partial charge is 0.546 e. The maximum atomic E-state index is 10.2. The molecular formula is C12H15O4-. The first-order valence-corrected chi connectivity index (χ1v) is 5.13. The molecule has 1 aromatic carbocycles. The first-order valence-electron chi connectivity index (χ1n) is 5.13. The van der Waals surface area contributed by atoms with E-state index in [4.69, 9.17) is 9.47 Å². The van der Waals surface area contributed by atoms with Crippen LogP contribution in [-0.2, 0) is 4.79 Å². The highest BCUT2D eigenvalue weighted by Crippen LogP contribution is 2.19. The zero-order valence-electron chi connectivity index (χ0n) is 9.43. The summed E-state index contributed by atoms with van der Waals surface area (Å²) in [6.45, 7) is 4.27. The molecule has 88 valence electrons. The van der Waals surface area contributed by atoms with Crippen molar-refractivity contribution in [3.05, 3.63) is 24.3 Å². The lowest BCUT2D eigenvalue weighted by atomic mass is 10.2. The third-order valence-corrected chi connectivity index (χ3v) is 1.75. The monoisotopic (exact) mass is 223 g/mol. The van der Waals surface area contributed by atoms with E-state index in [9.17, 15) is 9.90 Å². The zero-order valence-corrected chi connectivity index (χ0v) is 9.43. The van der Waals surface area contributed by atoms with E-state index in [1.54, 1.807) is 24.3 Å². The topological polar surface area (TPSA) is 58.6 Å². The molecule has 4 heteroatoms. The Balaban J connectivity index is 2.53. The van der Waals surface area contributed by atoms with Crippen LogP contribution in [0.1, 0.15) is 13.8 Å². The van der Waals surface area contributed by atoms with Gasteiger partial charge < -0.3 is 19.4 Å². The fourth-order valence-electron chi connectivity index (χ4n) is 1.06. The second-order valence-electron chi connectivity index (χ2n) is 3.84.